The van der Waals surface area contributed by atoms with Crippen molar-refractivity contribution in [1.82, 2.24) is 9.97 Å². The number of rotatable bonds is 5. The summed E-state index contributed by atoms with van der Waals surface area (Å²) in [6.07, 6.45) is 1.48. The van der Waals surface area contributed by atoms with E-state index in [1.165, 1.54) is 0 Å². The van der Waals surface area contributed by atoms with Crippen LogP contribution in [0.15, 0.2) is 4.60 Å². The van der Waals surface area contributed by atoms with E-state index in [-0.39, 0.29) is 6.42 Å². The van der Waals surface area contributed by atoms with Gasteiger partial charge in [-0.2, -0.15) is 0 Å². The molecule has 4 nitrogen and oxygen atoms in total. The molecule has 1 heterocycles. The van der Waals surface area contributed by atoms with E-state index in [9.17, 15) is 4.79 Å². The molecular weight excluding hydrogens is 260 g/mol. The Balaban J connectivity index is 2.64. The topological polar surface area (TPSA) is 66.0 Å². The molecule has 0 unspecified atom stereocenters. The zero-order chi connectivity index (χ0) is 11.4. The smallest absolute Gasteiger partial charge is 0.303 e. The molecule has 0 aliphatic heterocycles. The highest BCUT2D eigenvalue weighted by Crippen LogP contribution is 2.17. The summed E-state index contributed by atoms with van der Waals surface area (Å²) in [6.45, 7) is 4.26. The van der Waals surface area contributed by atoms with Gasteiger partial charge in [0.15, 0.2) is 0 Å². The molecule has 0 saturated heterocycles. The Labute approximate surface area is 97.2 Å². The predicted molar refractivity (Wildman–Crippen MR) is 60.8 cm³/mol. The average molecular weight is 275 g/mol. The molecule has 0 radical (unpaired) electrons. The number of hydrogen-bond acceptors (Lipinski definition) is 2. The van der Waals surface area contributed by atoms with E-state index in [4.69, 9.17) is 5.11 Å². The number of hydrogen-bond donors (Lipinski definition) is 2. The molecule has 0 saturated carbocycles. The number of nitrogens with zero attached hydrogens (tertiary/aromatic N) is 1. The van der Waals surface area contributed by atoms with Crippen molar-refractivity contribution in [2.45, 2.75) is 33.1 Å². The van der Waals surface area contributed by atoms with Gasteiger partial charge < -0.3 is 10.1 Å². The molecule has 0 amide bonds. The Morgan fingerprint density at radius 2 is 2.27 bits per heavy atom. The van der Waals surface area contributed by atoms with Gasteiger partial charge in [-0.15, -0.1) is 0 Å². The predicted octanol–water partition coefficient (Wildman–Crippen LogP) is 2.39. The van der Waals surface area contributed by atoms with E-state index >= 15 is 0 Å². The van der Waals surface area contributed by atoms with Gasteiger partial charge >= 0.3 is 5.97 Å². The zero-order valence-corrected chi connectivity index (χ0v) is 10.5. The third-order valence-electron chi connectivity index (χ3n) is 1.97. The highest BCUT2D eigenvalue weighted by atomic mass is 79.9. The minimum absolute atomic E-state index is 0.112. The van der Waals surface area contributed by atoms with Crippen molar-refractivity contribution in [3.8, 4) is 0 Å². The van der Waals surface area contributed by atoms with Crippen LogP contribution in [0.1, 0.15) is 31.8 Å². The van der Waals surface area contributed by atoms with E-state index in [1.54, 1.807) is 0 Å². The van der Waals surface area contributed by atoms with Crippen LogP contribution < -0.4 is 0 Å². The lowest BCUT2D eigenvalue weighted by Crippen LogP contribution is -1.99. The molecule has 5 heteroatoms. The van der Waals surface area contributed by atoms with Crippen LogP contribution in [0.2, 0.25) is 0 Å². The van der Waals surface area contributed by atoms with Crippen LogP contribution in [0.25, 0.3) is 0 Å². The van der Waals surface area contributed by atoms with E-state index in [0.717, 1.165) is 22.5 Å². The molecule has 15 heavy (non-hydrogen) atoms. The Hall–Kier alpha value is -0.840. The second-order valence-electron chi connectivity index (χ2n) is 3.94. The lowest BCUT2D eigenvalue weighted by Gasteiger charge is -2.01. The fourth-order valence-electron chi connectivity index (χ4n) is 1.33. The van der Waals surface area contributed by atoms with Gasteiger partial charge in [-0.3, -0.25) is 4.79 Å². The van der Waals surface area contributed by atoms with Crippen LogP contribution in [0.4, 0.5) is 0 Å². The molecule has 0 bridgehead atoms. The molecule has 1 aromatic heterocycles. The molecule has 0 atom stereocenters. The molecule has 0 spiro atoms. The first-order valence-corrected chi connectivity index (χ1v) is 5.73. The van der Waals surface area contributed by atoms with Gasteiger partial charge in [0.25, 0.3) is 0 Å². The summed E-state index contributed by atoms with van der Waals surface area (Å²) in [7, 11) is 0. The van der Waals surface area contributed by atoms with Crippen molar-refractivity contribution in [2.24, 2.45) is 5.92 Å². The monoisotopic (exact) mass is 274 g/mol. The molecule has 2 N–H and O–H groups in total. The Morgan fingerprint density at radius 1 is 1.60 bits per heavy atom. The van der Waals surface area contributed by atoms with Crippen molar-refractivity contribution in [2.75, 3.05) is 0 Å². The first kappa shape index (κ1) is 12.2. The average Bonchev–Trinajstić information content (AvgIpc) is 2.43. The minimum atomic E-state index is -0.798. The maximum Gasteiger partial charge on any atom is 0.303 e. The van der Waals surface area contributed by atoms with Crippen LogP contribution in [-0.4, -0.2) is 21.0 Å². The van der Waals surface area contributed by atoms with Gasteiger partial charge in [0, 0.05) is 12.1 Å². The normalized spacial score (nSPS) is 10.9. The van der Waals surface area contributed by atoms with Gasteiger partial charge in [-0.25, -0.2) is 4.98 Å². The van der Waals surface area contributed by atoms with Crippen LogP contribution in [0.3, 0.4) is 0 Å². The fourth-order valence-corrected chi connectivity index (χ4v) is 1.80. The third-order valence-corrected chi connectivity index (χ3v) is 2.62. The van der Waals surface area contributed by atoms with Crippen molar-refractivity contribution in [3.05, 3.63) is 16.1 Å². The number of H-pyrrole nitrogens is 1. The SMILES string of the molecule is CC(C)Cc1[nH]c(CCC(=O)O)nc1Br. The minimum Gasteiger partial charge on any atom is -0.481 e. The lowest BCUT2D eigenvalue weighted by atomic mass is 10.1. The summed E-state index contributed by atoms with van der Waals surface area (Å²) < 4.78 is 0.802. The molecule has 0 aromatic carbocycles. The van der Waals surface area contributed by atoms with Crippen LogP contribution in [-0.2, 0) is 17.6 Å². The molecule has 0 aliphatic rings. The summed E-state index contributed by atoms with van der Waals surface area (Å²) >= 11 is 3.36. The number of aliphatic carboxylic acids is 1. The molecule has 84 valence electrons. The number of carboxylic acid groups (broad SMARTS) is 1. The summed E-state index contributed by atoms with van der Waals surface area (Å²) in [6, 6.07) is 0. The van der Waals surface area contributed by atoms with Crippen molar-refractivity contribution in [3.63, 3.8) is 0 Å². The van der Waals surface area contributed by atoms with Crippen LogP contribution >= 0.6 is 15.9 Å². The number of nitrogens with one attached hydrogen (secondary N) is 1. The van der Waals surface area contributed by atoms with Crippen LogP contribution in [0.5, 0.6) is 0 Å². The molecule has 0 aliphatic carbocycles. The number of imidazole rings is 1. The number of aromatic nitrogens is 2. The summed E-state index contributed by atoms with van der Waals surface area (Å²) in [4.78, 5) is 17.8. The zero-order valence-electron chi connectivity index (χ0n) is 8.88. The molecule has 1 aromatic rings. The second-order valence-corrected chi connectivity index (χ2v) is 4.70. The Bertz CT molecular complexity index is 347. The summed E-state index contributed by atoms with van der Waals surface area (Å²) in [5.41, 5.74) is 1.05. The Morgan fingerprint density at radius 3 is 2.80 bits per heavy atom. The number of carboxylic acids is 1. The first-order chi connectivity index (χ1) is 6.99. The highest BCUT2D eigenvalue weighted by molar-refractivity contribution is 9.10. The maximum atomic E-state index is 10.4. The summed E-state index contributed by atoms with van der Waals surface area (Å²) in [5.74, 6) is 0.488. The van der Waals surface area contributed by atoms with E-state index in [0.29, 0.717) is 12.3 Å². The van der Waals surface area contributed by atoms with Crippen LogP contribution in [0, 0.1) is 5.92 Å². The number of halogens is 1. The van der Waals surface area contributed by atoms with Gasteiger partial charge in [0.2, 0.25) is 0 Å². The number of aryl methyl sites for hydroxylation is 1. The van der Waals surface area contributed by atoms with Gasteiger partial charge in [-0.1, -0.05) is 13.8 Å². The van der Waals surface area contributed by atoms with Crippen molar-refractivity contribution < 1.29 is 9.90 Å². The summed E-state index contributed by atoms with van der Waals surface area (Å²) in [5, 5.41) is 8.54. The first-order valence-electron chi connectivity index (χ1n) is 4.94. The maximum absolute atomic E-state index is 10.4. The van der Waals surface area contributed by atoms with Gasteiger partial charge in [0.05, 0.1) is 6.42 Å². The highest BCUT2D eigenvalue weighted by Gasteiger charge is 2.10. The quantitative estimate of drug-likeness (QED) is 0.867. The standard InChI is InChI=1S/C10H15BrN2O2/c1-6(2)5-7-10(11)13-8(12-7)3-4-9(14)15/h6H,3-5H2,1-2H3,(H,12,13)(H,14,15). The molecule has 1 rings (SSSR count). The largest absolute Gasteiger partial charge is 0.481 e. The third kappa shape index (κ3) is 4.03. The van der Waals surface area contributed by atoms with E-state index in [1.807, 2.05) is 0 Å². The lowest BCUT2D eigenvalue weighted by molar-refractivity contribution is -0.137. The Kier molecular flexibility index (Phi) is 4.32. The van der Waals surface area contributed by atoms with E-state index < -0.39 is 5.97 Å². The fraction of sp³-hybridized carbons (Fsp3) is 0.600. The van der Waals surface area contributed by atoms with Crippen molar-refractivity contribution in [1.29, 1.82) is 0 Å². The van der Waals surface area contributed by atoms with Gasteiger partial charge in [0.1, 0.15) is 10.4 Å². The second kappa shape index (κ2) is 5.30. The number of aromatic amines is 1. The van der Waals surface area contributed by atoms with E-state index in [2.05, 4.69) is 39.7 Å². The molecule has 0 fully saturated rings. The van der Waals surface area contributed by atoms with Crippen molar-refractivity contribution >= 4 is 21.9 Å². The number of carbonyl (C=O) groups is 1. The molecular formula is C10H15BrN2O2. The van der Waals surface area contributed by atoms with Gasteiger partial charge in [-0.05, 0) is 28.3 Å².